The molecule has 0 spiro atoms. The summed E-state index contributed by atoms with van der Waals surface area (Å²) in [5.74, 6) is 5.14. The number of nitrogens with two attached hydrogens (primary N) is 1. The molecule has 90 valence electrons. The van der Waals surface area contributed by atoms with E-state index < -0.39 is 0 Å². The second kappa shape index (κ2) is 5.68. The van der Waals surface area contributed by atoms with Gasteiger partial charge < -0.3 is 0 Å². The summed E-state index contributed by atoms with van der Waals surface area (Å²) in [6.45, 7) is 0. The van der Waals surface area contributed by atoms with Crippen LogP contribution in [-0.2, 0) is 6.42 Å². The van der Waals surface area contributed by atoms with E-state index in [4.69, 9.17) is 5.84 Å². The zero-order chi connectivity index (χ0) is 12.3. The van der Waals surface area contributed by atoms with E-state index in [1.807, 2.05) is 11.4 Å². The lowest BCUT2D eigenvalue weighted by Gasteiger charge is -2.15. The van der Waals surface area contributed by atoms with Gasteiger partial charge in [0, 0.05) is 32.9 Å². The molecule has 0 saturated carbocycles. The molecule has 0 bridgehead atoms. The van der Waals surface area contributed by atoms with E-state index in [-0.39, 0.29) is 11.9 Å². The number of aromatic nitrogens is 1. The van der Waals surface area contributed by atoms with Crippen molar-refractivity contribution >= 4 is 27.3 Å². The number of nitrogens with one attached hydrogen (secondary N) is 1. The Morgan fingerprint density at radius 1 is 1.59 bits per heavy atom. The third-order valence-electron chi connectivity index (χ3n) is 2.41. The molecular formula is C11H11BrFN3S. The highest BCUT2D eigenvalue weighted by atomic mass is 79.9. The van der Waals surface area contributed by atoms with E-state index in [0.29, 0.717) is 12.0 Å². The molecule has 3 nitrogen and oxygen atoms in total. The predicted octanol–water partition coefficient (Wildman–Crippen LogP) is 2.79. The average molecular weight is 316 g/mol. The van der Waals surface area contributed by atoms with Crippen molar-refractivity contribution in [3.8, 4) is 0 Å². The Balaban J connectivity index is 2.20. The van der Waals surface area contributed by atoms with Gasteiger partial charge in [-0.1, -0.05) is 0 Å². The van der Waals surface area contributed by atoms with Crippen LogP contribution in [0.2, 0.25) is 0 Å². The number of halogens is 2. The second-order valence-electron chi connectivity index (χ2n) is 3.55. The smallest absolute Gasteiger partial charge is 0.146 e. The van der Waals surface area contributed by atoms with Gasteiger partial charge in [-0.15, -0.1) is 11.3 Å². The molecule has 0 aliphatic heterocycles. The quantitative estimate of drug-likeness (QED) is 0.674. The van der Waals surface area contributed by atoms with Gasteiger partial charge in [-0.05, 0) is 28.1 Å². The fraction of sp³-hybridized carbons (Fsp3) is 0.182. The fourth-order valence-corrected chi connectivity index (χ4v) is 3.09. The highest BCUT2D eigenvalue weighted by molar-refractivity contribution is 9.10. The van der Waals surface area contributed by atoms with E-state index in [1.54, 1.807) is 23.6 Å². The molecule has 3 N–H and O–H groups in total. The molecule has 0 aromatic carbocycles. The van der Waals surface area contributed by atoms with Crippen LogP contribution in [0.4, 0.5) is 4.39 Å². The molecular weight excluding hydrogens is 305 g/mol. The Bertz CT molecular complexity index is 503. The zero-order valence-electron chi connectivity index (χ0n) is 8.86. The lowest BCUT2D eigenvalue weighted by atomic mass is 10.0. The number of hydrogen-bond acceptors (Lipinski definition) is 4. The van der Waals surface area contributed by atoms with Gasteiger partial charge >= 0.3 is 0 Å². The molecule has 0 aliphatic carbocycles. The van der Waals surface area contributed by atoms with Gasteiger partial charge in [0.15, 0.2) is 0 Å². The van der Waals surface area contributed by atoms with Gasteiger partial charge in [-0.3, -0.25) is 16.3 Å². The zero-order valence-corrected chi connectivity index (χ0v) is 11.3. The van der Waals surface area contributed by atoms with Crippen molar-refractivity contribution in [2.45, 2.75) is 12.5 Å². The summed E-state index contributed by atoms with van der Waals surface area (Å²) in [6.07, 6.45) is 3.41. The normalized spacial score (nSPS) is 12.6. The van der Waals surface area contributed by atoms with Gasteiger partial charge in [-0.25, -0.2) is 4.39 Å². The highest BCUT2D eigenvalue weighted by Crippen LogP contribution is 2.26. The van der Waals surface area contributed by atoms with Crippen molar-refractivity contribution < 1.29 is 4.39 Å². The van der Waals surface area contributed by atoms with Crippen molar-refractivity contribution in [2.24, 2.45) is 5.84 Å². The predicted molar refractivity (Wildman–Crippen MR) is 70.0 cm³/mol. The Labute approximate surface area is 111 Å². The molecule has 6 heteroatoms. The molecule has 0 saturated heterocycles. The first kappa shape index (κ1) is 12.6. The fourth-order valence-electron chi connectivity index (χ4n) is 1.59. The first-order chi connectivity index (χ1) is 8.20. The van der Waals surface area contributed by atoms with Crippen molar-refractivity contribution in [1.29, 1.82) is 0 Å². The summed E-state index contributed by atoms with van der Waals surface area (Å²) in [4.78, 5) is 4.86. The van der Waals surface area contributed by atoms with Gasteiger partial charge in [0.2, 0.25) is 0 Å². The van der Waals surface area contributed by atoms with Crippen LogP contribution in [0.1, 0.15) is 16.5 Å². The molecule has 0 fully saturated rings. The van der Waals surface area contributed by atoms with E-state index >= 15 is 0 Å². The minimum atomic E-state index is -0.342. The summed E-state index contributed by atoms with van der Waals surface area (Å²) >= 11 is 5.00. The van der Waals surface area contributed by atoms with Gasteiger partial charge in [0.25, 0.3) is 0 Å². The van der Waals surface area contributed by atoms with Gasteiger partial charge in [-0.2, -0.15) is 0 Å². The van der Waals surface area contributed by atoms with Crippen molar-refractivity contribution in [2.75, 3.05) is 0 Å². The molecule has 0 aliphatic rings. The molecule has 2 rings (SSSR count). The molecule has 17 heavy (non-hydrogen) atoms. The SMILES string of the molecule is NNC(Cc1cc(Br)cs1)c1ccncc1F. The van der Waals surface area contributed by atoms with E-state index in [1.165, 1.54) is 6.20 Å². The van der Waals surface area contributed by atoms with Crippen LogP contribution in [0.3, 0.4) is 0 Å². The molecule has 0 radical (unpaired) electrons. The minimum absolute atomic E-state index is 0.247. The maximum Gasteiger partial charge on any atom is 0.146 e. The van der Waals surface area contributed by atoms with Crippen LogP contribution in [0.5, 0.6) is 0 Å². The monoisotopic (exact) mass is 315 g/mol. The Kier molecular flexibility index (Phi) is 4.22. The number of hydrogen-bond donors (Lipinski definition) is 2. The van der Waals surface area contributed by atoms with Crippen LogP contribution in [0.15, 0.2) is 34.4 Å². The topological polar surface area (TPSA) is 50.9 Å². The number of thiophene rings is 1. The minimum Gasteiger partial charge on any atom is -0.271 e. The van der Waals surface area contributed by atoms with E-state index in [2.05, 4.69) is 26.3 Å². The van der Waals surface area contributed by atoms with Crippen LogP contribution < -0.4 is 11.3 Å². The van der Waals surface area contributed by atoms with Crippen molar-refractivity contribution in [1.82, 2.24) is 10.4 Å². The van der Waals surface area contributed by atoms with E-state index in [0.717, 1.165) is 9.35 Å². The maximum atomic E-state index is 13.6. The Morgan fingerprint density at radius 2 is 2.41 bits per heavy atom. The molecule has 2 heterocycles. The number of rotatable bonds is 4. The summed E-state index contributed by atoms with van der Waals surface area (Å²) < 4.78 is 14.6. The molecule has 2 aromatic heterocycles. The maximum absolute atomic E-state index is 13.6. The molecule has 0 amide bonds. The highest BCUT2D eigenvalue weighted by Gasteiger charge is 2.15. The third-order valence-corrected chi connectivity index (χ3v) is 4.13. The average Bonchev–Trinajstić information content (AvgIpc) is 2.73. The van der Waals surface area contributed by atoms with E-state index in [9.17, 15) is 4.39 Å². The number of nitrogens with zero attached hydrogens (tertiary/aromatic N) is 1. The van der Waals surface area contributed by atoms with Gasteiger partial charge in [0.05, 0.1) is 12.2 Å². The largest absolute Gasteiger partial charge is 0.271 e. The summed E-state index contributed by atoms with van der Waals surface area (Å²) in [6, 6.07) is 3.40. The second-order valence-corrected chi connectivity index (χ2v) is 5.46. The number of hydrazine groups is 1. The Morgan fingerprint density at radius 3 is 3.00 bits per heavy atom. The molecule has 1 atom stereocenters. The van der Waals surface area contributed by atoms with Crippen LogP contribution in [-0.4, -0.2) is 4.98 Å². The molecule has 2 aromatic rings. The first-order valence-electron chi connectivity index (χ1n) is 4.99. The van der Waals surface area contributed by atoms with Crippen molar-refractivity contribution in [3.63, 3.8) is 0 Å². The lowest BCUT2D eigenvalue weighted by molar-refractivity contribution is 0.510. The number of pyridine rings is 1. The lowest BCUT2D eigenvalue weighted by Crippen LogP contribution is -2.30. The van der Waals surface area contributed by atoms with Crippen LogP contribution >= 0.6 is 27.3 Å². The summed E-state index contributed by atoms with van der Waals surface area (Å²) in [5.41, 5.74) is 3.17. The third kappa shape index (κ3) is 3.10. The first-order valence-corrected chi connectivity index (χ1v) is 6.66. The Hall–Kier alpha value is -0.820. The standard InChI is InChI=1S/C11H11BrFN3S/c12-7-3-8(17-6-7)4-11(16-14)9-1-2-15-5-10(9)13/h1-3,5-6,11,16H,4,14H2. The molecule has 1 unspecified atom stereocenters. The van der Waals surface area contributed by atoms with Crippen molar-refractivity contribution in [3.05, 3.63) is 50.6 Å². The van der Waals surface area contributed by atoms with Crippen LogP contribution in [0.25, 0.3) is 0 Å². The summed E-state index contributed by atoms with van der Waals surface area (Å²) in [7, 11) is 0. The van der Waals surface area contributed by atoms with Crippen LogP contribution in [0, 0.1) is 5.82 Å². The summed E-state index contributed by atoms with van der Waals surface area (Å²) in [5, 5.41) is 1.99. The van der Waals surface area contributed by atoms with Gasteiger partial charge in [0.1, 0.15) is 5.82 Å².